The molecule has 1 rings (SSSR count). The molecule has 3 heteroatoms. The van der Waals surface area contributed by atoms with Crippen LogP contribution in [0.5, 0.6) is 0 Å². The SMILES string of the molecule is CCC(N)c1ccc(Cl)cc1C#N. The van der Waals surface area contributed by atoms with Crippen LogP contribution in [0, 0.1) is 11.3 Å². The summed E-state index contributed by atoms with van der Waals surface area (Å²) in [6, 6.07) is 7.23. The van der Waals surface area contributed by atoms with Gasteiger partial charge in [-0.1, -0.05) is 24.6 Å². The van der Waals surface area contributed by atoms with E-state index in [1.807, 2.05) is 13.0 Å². The van der Waals surface area contributed by atoms with Crippen LogP contribution >= 0.6 is 11.6 Å². The normalized spacial score (nSPS) is 12.2. The Morgan fingerprint density at radius 2 is 2.31 bits per heavy atom. The minimum atomic E-state index is -0.0769. The molecule has 1 unspecified atom stereocenters. The Morgan fingerprint density at radius 3 is 2.85 bits per heavy atom. The van der Waals surface area contributed by atoms with E-state index < -0.39 is 0 Å². The van der Waals surface area contributed by atoms with Gasteiger partial charge in [-0.25, -0.2) is 0 Å². The molecule has 0 heterocycles. The van der Waals surface area contributed by atoms with Crippen LogP contribution in [0.1, 0.15) is 30.5 Å². The minimum Gasteiger partial charge on any atom is -0.324 e. The Morgan fingerprint density at radius 1 is 1.62 bits per heavy atom. The van der Waals surface area contributed by atoms with Gasteiger partial charge in [-0.2, -0.15) is 5.26 Å². The van der Waals surface area contributed by atoms with Crippen molar-refractivity contribution in [3.8, 4) is 6.07 Å². The van der Waals surface area contributed by atoms with Crippen molar-refractivity contribution >= 4 is 11.6 Å². The van der Waals surface area contributed by atoms with Gasteiger partial charge in [0.05, 0.1) is 11.6 Å². The average Bonchev–Trinajstić information content (AvgIpc) is 2.16. The van der Waals surface area contributed by atoms with Gasteiger partial charge in [-0.15, -0.1) is 0 Å². The maximum atomic E-state index is 8.82. The van der Waals surface area contributed by atoms with Crippen LogP contribution in [-0.2, 0) is 0 Å². The third-order valence-electron chi connectivity index (χ3n) is 1.98. The molecule has 0 aliphatic heterocycles. The zero-order chi connectivity index (χ0) is 9.84. The first-order valence-electron chi connectivity index (χ1n) is 4.14. The summed E-state index contributed by atoms with van der Waals surface area (Å²) in [5, 5.41) is 9.40. The van der Waals surface area contributed by atoms with Gasteiger partial charge in [0.25, 0.3) is 0 Å². The topological polar surface area (TPSA) is 49.8 Å². The molecule has 13 heavy (non-hydrogen) atoms. The summed E-state index contributed by atoms with van der Waals surface area (Å²) in [5.41, 5.74) is 7.27. The van der Waals surface area contributed by atoms with E-state index in [4.69, 9.17) is 22.6 Å². The van der Waals surface area contributed by atoms with Gasteiger partial charge in [0.2, 0.25) is 0 Å². The molecule has 1 aromatic rings. The van der Waals surface area contributed by atoms with Crippen LogP contribution in [-0.4, -0.2) is 0 Å². The van der Waals surface area contributed by atoms with Crippen LogP contribution < -0.4 is 5.73 Å². The molecule has 0 aliphatic rings. The lowest BCUT2D eigenvalue weighted by Gasteiger charge is -2.10. The van der Waals surface area contributed by atoms with Crippen molar-refractivity contribution in [1.29, 1.82) is 5.26 Å². The molecule has 0 bridgehead atoms. The molecule has 1 aromatic carbocycles. The van der Waals surface area contributed by atoms with Gasteiger partial charge in [0, 0.05) is 11.1 Å². The highest BCUT2D eigenvalue weighted by atomic mass is 35.5. The lowest BCUT2D eigenvalue weighted by atomic mass is 10.0. The standard InChI is InChI=1S/C10H11ClN2/c1-2-10(13)9-4-3-8(11)5-7(9)6-12/h3-5,10H,2,13H2,1H3. The molecule has 1 atom stereocenters. The molecule has 2 N–H and O–H groups in total. The summed E-state index contributed by atoms with van der Waals surface area (Å²) < 4.78 is 0. The maximum Gasteiger partial charge on any atom is 0.0995 e. The molecular formula is C10H11ClN2. The van der Waals surface area contributed by atoms with Crippen LogP contribution in [0.25, 0.3) is 0 Å². The van der Waals surface area contributed by atoms with Crippen molar-refractivity contribution in [2.45, 2.75) is 19.4 Å². The average molecular weight is 195 g/mol. The third kappa shape index (κ3) is 2.21. The summed E-state index contributed by atoms with van der Waals surface area (Å²) in [5.74, 6) is 0. The molecule has 0 saturated heterocycles. The molecule has 0 aromatic heterocycles. The second-order valence-electron chi connectivity index (χ2n) is 2.86. The molecule has 0 spiro atoms. The first-order valence-corrected chi connectivity index (χ1v) is 4.52. The molecule has 0 fully saturated rings. The van der Waals surface area contributed by atoms with Gasteiger partial charge in [0.15, 0.2) is 0 Å². The zero-order valence-corrected chi connectivity index (χ0v) is 8.17. The molecule has 0 saturated carbocycles. The van der Waals surface area contributed by atoms with Crippen molar-refractivity contribution in [3.05, 3.63) is 34.3 Å². The van der Waals surface area contributed by atoms with Gasteiger partial charge >= 0.3 is 0 Å². The van der Waals surface area contributed by atoms with Gasteiger partial charge < -0.3 is 5.73 Å². The Kier molecular flexibility index (Phi) is 3.30. The number of benzene rings is 1. The highest BCUT2D eigenvalue weighted by Crippen LogP contribution is 2.21. The lowest BCUT2D eigenvalue weighted by molar-refractivity contribution is 0.697. The van der Waals surface area contributed by atoms with E-state index >= 15 is 0 Å². The number of nitriles is 1. The second kappa shape index (κ2) is 4.27. The fraction of sp³-hybridized carbons (Fsp3) is 0.300. The van der Waals surface area contributed by atoms with Gasteiger partial charge in [-0.05, 0) is 24.1 Å². The van der Waals surface area contributed by atoms with E-state index in [1.54, 1.807) is 12.1 Å². The van der Waals surface area contributed by atoms with E-state index in [0.29, 0.717) is 10.6 Å². The number of nitrogens with zero attached hydrogens (tertiary/aromatic N) is 1. The first-order chi connectivity index (χ1) is 6.19. The van der Waals surface area contributed by atoms with E-state index in [-0.39, 0.29) is 6.04 Å². The Balaban J connectivity index is 3.15. The Bertz CT molecular complexity index is 341. The highest BCUT2D eigenvalue weighted by Gasteiger charge is 2.08. The minimum absolute atomic E-state index is 0.0769. The number of halogens is 1. The maximum absolute atomic E-state index is 8.82. The molecule has 2 nitrogen and oxygen atoms in total. The highest BCUT2D eigenvalue weighted by molar-refractivity contribution is 6.30. The van der Waals surface area contributed by atoms with Crippen molar-refractivity contribution in [2.75, 3.05) is 0 Å². The number of hydrogen-bond donors (Lipinski definition) is 1. The van der Waals surface area contributed by atoms with E-state index in [2.05, 4.69) is 6.07 Å². The van der Waals surface area contributed by atoms with Crippen molar-refractivity contribution in [1.82, 2.24) is 0 Å². The number of hydrogen-bond acceptors (Lipinski definition) is 2. The quantitative estimate of drug-likeness (QED) is 0.787. The predicted molar refractivity (Wildman–Crippen MR) is 53.4 cm³/mol. The van der Waals surface area contributed by atoms with Crippen LogP contribution in [0.2, 0.25) is 5.02 Å². The Hall–Kier alpha value is -1.04. The van der Waals surface area contributed by atoms with Crippen LogP contribution in [0.15, 0.2) is 18.2 Å². The largest absolute Gasteiger partial charge is 0.324 e. The summed E-state index contributed by atoms with van der Waals surface area (Å²) in [6.07, 6.45) is 0.816. The van der Waals surface area contributed by atoms with Crippen LogP contribution in [0.4, 0.5) is 0 Å². The third-order valence-corrected chi connectivity index (χ3v) is 2.21. The fourth-order valence-corrected chi connectivity index (χ4v) is 1.34. The summed E-state index contributed by atoms with van der Waals surface area (Å²) in [6.45, 7) is 1.99. The molecule has 0 amide bonds. The van der Waals surface area contributed by atoms with Crippen molar-refractivity contribution < 1.29 is 0 Å². The summed E-state index contributed by atoms with van der Waals surface area (Å²) >= 11 is 5.75. The van der Waals surface area contributed by atoms with Gasteiger partial charge in [0.1, 0.15) is 0 Å². The summed E-state index contributed by atoms with van der Waals surface area (Å²) in [4.78, 5) is 0. The van der Waals surface area contributed by atoms with E-state index in [1.165, 1.54) is 0 Å². The monoisotopic (exact) mass is 194 g/mol. The van der Waals surface area contributed by atoms with E-state index in [9.17, 15) is 0 Å². The number of rotatable bonds is 2. The summed E-state index contributed by atoms with van der Waals surface area (Å²) in [7, 11) is 0. The van der Waals surface area contributed by atoms with Crippen LogP contribution in [0.3, 0.4) is 0 Å². The predicted octanol–water partition coefficient (Wildman–Crippen LogP) is 2.62. The Labute approximate surface area is 82.9 Å². The fourth-order valence-electron chi connectivity index (χ4n) is 1.17. The smallest absolute Gasteiger partial charge is 0.0995 e. The van der Waals surface area contributed by atoms with Gasteiger partial charge in [-0.3, -0.25) is 0 Å². The molecular weight excluding hydrogens is 184 g/mol. The number of nitrogens with two attached hydrogens (primary N) is 1. The molecule has 68 valence electrons. The molecule has 0 aliphatic carbocycles. The zero-order valence-electron chi connectivity index (χ0n) is 7.42. The van der Waals surface area contributed by atoms with Crippen molar-refractivity contribution in [2.24, 2.45) is 5.73 Å². The molecule has 0 radical (unpaired) electrons. The second-order valence-corrected chi connectivity index (χ2v) is 3.29. The van der Waals surface area contributed by atoms with Crippen molar-refractivity contribution in [3.63, 3.8) is 0 Å². The van der Waals surface area contributed by atoms with E-state index in [0.717, 1.165) is 12.0 Å². The first kappa shape index (κ1) is 10.0. The lowest BCUT2D eigenvalue weighted by Crippen LogP contribution is -2.10.